The van der Waals surface area contributed by atoms with Gasteiger partial charge in [0.1, 0.15) is 11.6 Å². The van der Waals surface area contributed by atoms with Gasteiger partial charge in [0, 0.05) is 30.4 Å². The molecule has 2 N–H and O–H groups in total. The first-order chi connectivity index (χ1) is 15.9. The minimum Gasteiger partial charge on any atom is -0.415 e. The molecule has 34 heavy (non-hydrogen) atoms. The number of fused-ring (bicyclic) bond motifs is 1. The maximum absolute atomic E-state index is 15.3. The summed E-state index contributed by atoms with van der Waals surface area (Å²) in [7, 11) is -1.92. The number of nitriles is 1. The number of nitrogens with two attached hydrogens (primary N) is 1. The summed E-state index contributed by atoms with van der Waals surface area (Å²) in [6.07, 6.45) is 5.63. The number of nitrogen functional groups attached to an aromatic ring is 1. The van der Waals surface area contributed by atoms with Gasteiger partial charge in [0.25, 0.3) is 0 Å². The molecule has 2 atom stereocenters. The Labute approximate surface area is 201 Å². The molecule has 180 valence electrons. The number of benzene rings is 1. The molecule has 1 aromatic carbocycles. The number of anilines is 2. The van der Waals surface area contributed by atoms with Crippen LogP contribution in [0.3, 0.4) is 0 Å². The Morgan fingerprint density at radius 1 is 1.32 bits per heavy atom. The lowest BCUT2D eigenvalue weighted by atomic mass is 10.1. The predicted molar refractivity (Wildman–Crippen MR) is 136 cm³/mol. The summed E-state index contributed by atoms with van der Waals surface area (Å²) in [4.78, 5) is 6.27. The zero-order chi connectivity index (χ0) is 24.8. The molecular formula is C25H33FN6OSi. The Morgan fingerprint density at radius 2 is 2.06 bits per heavy atom. The van der Waals surface area contributed by atoms with Crippen LogP contribution in [0.25, 0.3) is 16.6 Å². The number of nitrogens with zero attached hydrogens (tertiary/aromatic N) is 5. The van der Waals surface area contributed by atoms with E-state index in [0.717, 1.165) is 18.7 Å². The van der Waals surface area contributed by atoms with Gasteiger partial charge in [-0.15, -0.1) is 0 Å². The highest BCUT2D eigenvalue weighted by Gasteiger charge is 2.40. The zero-order valence-electron chi connectivity index (χ0n) is 20.8. The average Bonchev–Trinajstić information content (AvgIpc) is 3.35. The first-order valence-corrected chi connectivity index (χ1v) is 14.6. The quantitative estimate of drug-likeness (QED) is 0.396. The highest BCUT2D eigenvalue weighted by molar-refractivity contribution is 6.74. The van der Waals surface area contributed by atoms with Crippen molar-refractivity contribution < 1.29 is 8.82 Å². The SMILES string of the molecule is C[C@H]1C[C@@H](CO[Si](C)(C)C(C)(C)C)N(c2c(N)cc(F)c3c2cnn3-c2ccncc2C#N)C1. The van der Waals surface area contributed by atoms with E-state index in [2.05, 4.69) is 61.8 Å². The van der Waals surface area contributed by atoms with E-state index in [1.54, 1.807) is 18.5 Å². The normalized spacial score (nSPS) is 19.1. The van der Waals surface area contributed by atoms with Crippen LogP contribution in [-0.4, -0.2) is 42.3 Å². The van der Waals surface area contributed by atoms with Crippen LogP contribution >= 0.6 is 0 Å². The molecule has 0 bridgehead atoms. The molecule has 0 radical (unpaired) electrons. The van der Waals surface area contributed by atoms with Crippen LogP contribution in [-0.2, 0) is 4.43 Å². The number of rotatable bonds is 5. The average molecular weight is 481 g/mol. The maximum Gasteiger partial charge on any atom is 0.192 e. The second-order valence-corrected chi connectivity index (χ2v) is 15.6. The van der Waals surface area contributed by atoms with Crippen LogP contribution in [0.1, 0.15) is 39.7 Å². The summed E-state index contributed by atoms with van der Waals surface area (Å²) in [6, 6.07) is 5.27. The van der Waals surface area contributed by atoms with Crippen LogP contribution < -0.4 is 10.6 Å². The molecule has 7 nitrogen and oxygen atoms in total. The summed E-state index contributed by atoms with van der Waals surface area (Å²) >= 11 is 0. The van der Waals surface area contributed by atoms with Crippen molar-refractivity contribution in [2.75, 3.05) is 23.8 Å². The highest BCUT2D eigenvalue weighted by Crippen LogP contribution is 2.42. The van der Waals surface area contributed by atoms with Gasteiger partial charge in [-0.3, -0.25) is 4.98 Å². The van der Waals surface area contributed by atoms with E-state index in [9.17, 15) is 5.26 Å². The zero-order valence-corrected chi connectivity index (χ0v) is 21.8. The minimum absolute atomic E-state index is 0.119. The maximum atomic E-state index is 15.3. The van der Waals surface area contributed by atoms with Crippen molar-refractivity contribution in [3.05, 3.63) is 42.1 Å². The van der Waals surface area contributed by atoms with Crippen molar-refractivity contribution in [3.63, 3.8) is 0 Å². The van der Waals surface area contributed by atoms with Crippen LogP contribution in [0, 0.1) is 23.1 Å². The van der Waals surface area contributed by atoms with Gasteiger partial charge < -0.3 is 15.1 Å². The van der Waals surface area contributed by atoms with Crippen molar-refractivity contribution in [1.29, 1.82) is 5.26 Å². The molecule has 0 aliphatic carbocycles. The fraction of sp³-hybridized carbons (Fsp3) is 0.480. The number of halogens is 1. The third-order valence-electron chi connectivity index (χ3n) is 7.31. The van der Waals surface area contributed by atoms with Crippen LogP contribution in [0.4, 0.5) is 15.8 Å². The highest BCUT2D eigenvalue weighted by atomic mass is 28.4. The second kappa shape index (κ2) is 8.67. The Bertz CT molecular complexity index is 1260. The van der Waals surface area contributed by atoms with E-state index in [1.807, 2.05) is 0 Å². The lowest BCUT2D eigenvalue weighted by molar-refractivity contribution is 0.261. The molecule has 1 aliphatic heterocycles. The molecule has 1 saturated heterocycles. The largest absolute Gasteiger partial charge is 0.415 e. The van der Waals surface area contributed by atoms with Gasteiger partial charge in [-0.05, 0) is 36.5 Å². The molecule has 0 unspecified atom stereocenters. The van der Waals surface area contributed by atoms with E-state index < -0.39 is 14.1 Å². The van der Waals surface area contributed by atoms with Crippen molar-refractivity contribution in [1.82, 2.24) is 14.8 Å². The van der Waals surface area contributed by atoms with Gasteiger partial charge in [-0.1, -0.05) is 27.7 Å². The van der Waals surface area contributed by atoms with Crippen LogP contribution in [0.15, 0.2) is 30.7 Å². The first-order valence-electron chi connectivity index (χ1n) is 11.7. The van der Waals surface area contributed by atoms with E-state index in [4.69, 9.17) is 10.2 Å². The monoisotopic (exact) mass is 480 g/mol. The molecule has 1 aliphatic rings. The summed E-state index contributed by atoms with van der Waals surface area (Å²) in [5, 5.41) is 14.7. The summed E-state index contributed by atoms with van der Waals surface area (Å²) < 4.78 is 23.3. The third-order valence-corrected chi connectivity index (χ3v) is 11.8. The number of hydrogen-bond acceptors (Lipinski definition) is 6. The molecule has 3 aromatic rings. The minimum atomic E-state index is -1.92. The fourth-order valence-corrected chi connectivity index (χ4v) is 5.49. The topological polar surface area (TPSA) is 93.0 Å². The van der Waals surface area contributed by atoms with Gasteiger partial charge in [0.15, 0.2) is 14.1 Å². The van der Waals surface area contributed by atoms with Crippen molar-refractivity contribution in [2.45, 2.75) is 58.3 Å². The van der Waals surface area contributed by atoms with Crippen molar-refractivity contribution >= 4 is 30.6 Å². The van der Waals surface area contributed by atoms with Crippen molar-refractivity contribution in [2.24, 2.45) is 5.92 Å². The summed E-state index contributed by atoms with van der Waals surface area (Å²) in [5.74, 6) is -0.0243. The van der Waals surface area contributed by atoms with Gasteiger partial charge in [-0.25, -0.2) is 9.07 Å². The predicted octanol–water partition coefficient (Wildman–Crippen LogP) is 5.25. The third kappa shape index (κ3) is 4.16. The number of aromatic nitrogens is 3. The number of pyridine rings is 1. The Kier molecular flexibility index (Phi) is 6.17. The van der Waals surface area contributed by atoms with Crippen molar-refractivity contribution in [3.8, 4) is 11.8 Å². The molecule has 0 amide bonds. The molecular weight excluding hydrogens is 447 g/mol. The summed E-state index contributed by atoms with van der Waals surface area (Å²) in [6.45, 7) is 14.8. The van der Waals surface area contributed by atoms with E-state index in [0.29, 0.717) is 40.4 Å². The van der Waals surface area contributed by atoms with E-state index >= 15 is 4.39 Å². The Balaban J connectivity index is 1.78. The standard InChI is InChI=1S/C25H33FN6OSi/c1-16-9-18(15-33-34(5,6)25(2,3)4)31(14-16)24-19-13-30-32(23(19)20(26)10-21(24)28)22-7-8-29-12-17(22)11-27/h7-8,10,12-13,16,18H,9,14-15,28H2,1-6H3/t16-,18-/m0/s1. The molecule has 0 spiro atoms. The van der Waals surface area contributed by atoms with Gasteiger partial charge in [0.05, 0.1) is 41.5 Å². The smallest absolute Gasteiger partial charge is 0.192 e. The lowest BCUT2D eigenvalue weighted by Gasteiger charge is -2.38. The molecule has 0 saturated carbocycles. The van der Waals surface area contributed by atoms with Gasteiger partial charge in [-0.2, -0.15) is 10.4 Å². The van der Waals surface area contributed by atoms with Gasteiger partial charge in [0.2, 0.25) is 0 Å². The summed E-state index contributed by atoms with van der Waals surface area (Å²) in [5.41, 5.74) is 8.68. The molecule has 1 fully saturated rings. The molecule has 3 heterocycles. The molecule has 2 aromatic heterocycles. The van der Waals surface area contributed by atoms with E-state index in [1.165, 1.54) is 16.9 Å². The van der Waals surface area contributed by atoms with Crippen LogP contribution in [0.5, 0.6) is 0 Å². The fourth-order valence-electron chi connectivity index (χ4n) is 4.45. The van der Waals surface area contributed by atoms with Gasteiger partial charge >= 0.3 is 0 Å². The number of hydrogen-bond donors (Lipinski definition) is 1. The molecule has 4 rings (SSSR count). The second-order valence-electron chi connectivity index (χ2n) is 10.8. The Hall–Kier alpha value is -2.96. The van der Waals surface area contributed by atoms with E-state index in [-0.39, 0.29) is 11.1 Å². The first kappa shape index (κ1) is 24.2. The Morgan fingerprint density at radius 3 is 2.74 bits per heavy atom. The molecule has 9 heteroatoms. The lowest BCUT2D eigenvalue weighted by Crippen LogP contribution is -2.45. The van der Waals surface area contributed by atoms with Crippen LogP contribution in [0.2, 0.25) is 18.1 Å².